The van der Waals surface area contributed by atoms with Crippen LogP contribution in [0.15, 0.2) is 23.3 Å². The summed E-state index contributed by atoms with van der Waals surface area (Å²) < 4.78 is 6.47. The second kappa shape index (κ2) is 8.93. The van der Waals surface area contributed by atoms with E-state index in [1.807, 2.05) is 0 Å². The topological polar surface area (TPSA) is 29.5 Å². The number of rotatable bonds is 7. The van der Waals surface area contributed by atoms with Crippen LogP contribution in [0.3, 0.4) is 0 Å². The molecule has 3 heteroatoms. The Morgan fingerprint density at radius 2 is 1.79 bits per heavy atom. The Bertz CT molecular complexity index is 790. The minimum atomic E-state index is -1.49. The van der Waals surface area contributed by atoms with E-state index in [-0.39, 0.29) is 11.7 Å². The van der Waals surface area contributed by atoms with Crippen LogP contribution in [-0.4, -0.2) is 25.1 Å². The third kappa shape index (κ3) is 4.98. The molecule has 4 aliphatic carbocycles. The summed E-state index contributed by atoms with van der Waals surface area (Å²) in [7, 11) is -1.49. The van der Waals surface area contributed by atoms with Crippen molar-refractivity contribution in [1.29, 1.82) is 0 Å². The van der Waals surface area contributed by atoms with E-state index in [1.54, 1.807) is 5.57 Å². The molecule has 188 valence electrons. The highest BCUT2D eigenvalue weighted by atomic mass is 28.4. The zero-order valence-electron chi connectivity index (χ0n) is 23.0. The van der Waals surface area contributed by atoms with Gasteiger partial charge in [0.05, 0.1) is 11.7 Å². The van der Waals surface area contributed by atoms with Crippen molar-refractivity contribution in [2.24, 2.45) is 34.5 Å². The highest BCUT2D eigenvalue weighted by Gasteiger charge is 2.56. The molecule has 0 saturated heterocycles. The zero-order valence-corrected chi connectivity index (χ0v) is 24.0. The number of hydrogen-bond donors (Lipinski definition) is 1. The van der Waals surface area contributed by atoms with Gasteiger partial charge in [0.1, 0.15) is 0 Å². The summed E-state index contributed by atoms with van der Waals surface area (Å²) in [6.45, 7) is 19.2. The maximum atomic E-state index is 10.3. The quantitative estimate of drug-likeness (QED) is 0.378. The maximum absolute atomic E-state index is 10.3. The van der Waals surface area contributed by atoms with Crippen LogP contribution in [0.2, 0.25) is 19.6 Å². The minimum Gasteiger partial charge on any atom is -0.413 e. The molecule has 2 nitrogen and oxygen atoms in total. The zero-order chi connectivity index (χ0) is 24.2. The lowest BCUT2D eigenvalue weighted by Gasteiger charge is -2.55. The molecular formula is C30H52O2Si. The Hall–Kier alpha value is -0.383. The Morgan fingerprint density at radius 3 is 2.48 bits per heavy atom. The summed E-state index contributed by atoms with van der Waals surface area (Å²) in [4.78, 5) is 0. The molecule has 33 heavy (non-hydrogen) atoms. The third-order valence-electron chi connectivity index (χ3n) is 10.3. The maximum Gasteiger partial charge on any atom is 0.184 e. The molecule has 3 fully saturated rings. The van der Waals surface area contributed by atoms with Gasteiger partial charge in [-0.2, -0.15) is 0 Å². The van der Waals surface area contributed by atoms with Crippen LogP contribution in [-0.2, 0) is 4.43 Å². The van der Waals surface area contributed by atoms with E-state index in [9.17, 15) is 5.11 Å². The molecule has 0 bridgehead atoms. The largest absolute Gasteiger partial charge is 0.413 e. The molecule has 0 aromatic carbocycles. The molecule has 3 unspecified atom stereocenters. The van der Waals surface area contributed by atoms with Gasteiger partial charge in [-0.1, -0.05) is 56.9 Å². The van der Waals surface area contributed by atoms with Gasteiger partial charge in [-0.3, -0.25) is 0 Å². The van der Waals surface area contributed by atoms with Gasteiger partial charge >= 0.3 is 0 Å². The Labute approximate surface area is 205 Å². The van der Waals surface area contributed by atoms with Gasteiger partial charge in [0.2, 0.25) is 0 Å². The van der Waals surface area contributed by atoms with Crippen molar-refractivity contribution >= 4 is 8.32 Å². The van der Waals surface area contributed by atoms with Crippen LogP contribution in [0.5, 0.6) is 0 Å². The molecular weight excluding hydrogens is 420 g/mol. The third-order valence-corrected chi connectivity index (χ3v) is 11.5. The molecule has 7 atom stereocenters. The highest BCUT2D eigenvalue weighted by Crippen LogP contribution is 2.66. The van der Waals surface area contributed by atoms with E-state index in [4.69, 9.17) is 4.43 Å². The normalized spacial score (nSPS) is 39.8. The van der Waals surface area contributed by atoms with E-state index in [2.05, 4.69) is 66.4 Å². The SMILES string of the molecule is C[C@H](CCCC(C)(C)O[Si](C)(C)C)[C@H]1CCC2C3=CC=C4C[C@@H](O)CC[C@]4(C)C3CCC21C. The molecule has 0 aromatic heterocycles. The predicted octanol–water partition coefficient (Wildman–Crippen LogP) is 8.28. The van der Waals surface area contributed by atoms with Crippen LogP contribution in [0.4, 0.5) is 0 Å². The minimum absolute atomic E-state index is 0.0182. The first-order chi connectivity index (χ1) is 15.3. The first-order valence-corrected chi connectivity index (χ1v) is 17.5. The Morgan fingerprint density at radius 1 is 1.06 bits per heavy atom. The average Bonchev–Trinajstić information content (AvgIpc) is 3.03. The van der Waals surface area contributed by atoms with Gasteiger partial charge in [0, 0.05) is 0 Å². The number of aliphatic hydroxyl groups excluding tert-OH is 1. The first kappa shape index (κ1) is 25.7. The van der Waals surface area contributed by atoms with E-state index in [1.165, 1.54) is 56.9 Å². The molecule has 0 heterocycles. The van der Waals surface area contributed by atoms with Crippen molar-refractivity contribution in [3.63, 3.8) is 0 Å². The molecule has 0 aliphatic heterocycles. The second-order valence-electron chi connectivity index (χ2n) is 14.3. The molecule has 1 N–H and O–H groups in total. The molecule has 0 radical (unpaired) electrons. The number of allylic oxidation sites excluding steroid dienone is 3. The van der Waals surface area contributed by atoms with Gasteiger partial charge in [-0.25, -0.2) is 0 Å². The van der Waals surface area contributed by atoms with E-state index in [0.717, 1.165) is 36.5 Å². The van der Waals surface area contributed by atoms with Gasteiger partial charge < -0.3 is 9.53 Å². The van der Waals surface area contributed by atoms with Gasteiger partial charge in [-0.05, 0) is 119 Å². The molecule has 0 spiro atoms. The summed E-state index contributed by atoms with van der Waals surface area (Å²) >= 11 is 0. The fourth-order valence-corrected chi connectivity index (χ4v) is 10.6. The average molecular weight is 473 g/mol. The highest BCUT2D eigenvalue weighted by molar-refractivity contribution is 6.69. The second-order valence-corrected chi connectivity index (χ2v) is 18.8. The van der Waals surface area contributed by atoms with E-state index < -0.39 is 8.32 Å². The van der Waals surface area contributed by atoms with Crippen molar-refractivity contribution in [3.05, 3.63) is 23.3 Å². The van der Waals surface area contributed by atoms with Crippen molar-refractivity contribution in [2.45, 2.75) is 130 Å². The van der Waals surface area contributed by atoms with Crippen LogP contribution in [0, 0.1) is 34.5 Å². The summed E-state index contributed by atoms with van der Waals surface area (Å²) in [5.41, 5.74) is 4.11. The molecule has 4 rings (SSSR count). The van der Waals surface area contributed by atoms with Crippen LogP contribution in [0.25, 0.3) is 0 Å². The Kier molecular flexibility index (Phi) is 6.95. The lowest BCUT2D eigenvalue weighted by molar-refractivity contribution is 0.0308. The summed E-state index contributed by atoms with van der Waals surface area (Å²) in [6.07, 6.45) is 17.2. The fraction of sp³-hybridized carbons (Fsp3) is 0.867. The smallest absolute Gasteiger partial charge is 0.184 e. The van der Waals surface area contributed by atoms with E-state index >= 15 is 0 Å². The lowest BCUT2D eigenvalue weighted by Crippen LogP contribution is -2.46. The Balaban J connectivity index is 1.42. The van der Waals surface area contributed by atoms with Crippen LogP contribution < -0.4 is 0 Å². The summed E-state index contributed by atoms with van der Waals surface area (Å²) in [6, 6.07) is 0. The molecule has 3 saturated carbocycles. The summed E-state index contributed by atoms with van der Waals surface area (Å²) in [5, 5.41) is 10.3. The molecule has 0 amide bonds. The first-order valence-electron chi connectivity index (χ1n) is 14.0. The van der Waals surface area contributed by atoms with Crippen molar-refractivity contribution < 1.29 is 9.53 Å². The monoisotopic (exact) mass is 472 g/mol. The molecule has 0 aromatic rings. The van der Waals surface area contributed by atoms with Gasteiger partial charge in [0.15, 0.2) is 8.32 Å². The van der Waals surface area contributed by atoms with Crippen molar-refractivity contribution in [2.75, 3.05) is 0 Å². The van der Waals surface area contributed by atoms with E-state index in [0.29, 0.717) is 10.8 Å². The van der Waals surface area contributed by atoms with Crippen LogP contribution >= 0.6 is 0 Å². The lowest BCUT2D eigenvalue weighted by atomic mass is 9.50. The van der Waals surface area contributed by atoms with Crippen LogP contribution in [0.1, 0.15) is 98.8 Å². The fourth-order valence-electron chi connectivity index (χ4n) is 8.89. The van der Waals surface area contributed by atoms with Crippen molar-refractivity contribution in [3.8, 4) is 0 Å². The molecule has 4 aliphatic rings. The number of fused-ring (bicyclic) bond motifs is 5. The van der Waals surface area contributed by atoms with Gasteiger partial charge in [-0.15, -0.1) is 0 Å². The van der Waals surface area contributed by atoms with Gasteiger partial charge in [0.25, 0.3) is 0 Å². The predicted molar refractivity (Wildman–Crippen MR) is 143 cm³/mol. The standard InChI is InChI=1S/C30H52O2Si/c1-21(10-9-17-28(2,3)32-33(6,7)8)25-13-14-26-24-12-11-22-20-23(31)15-18-29(22,4)27(24)16-19-30(25,26)5/h11-12,21,23,25-27,31H,9-10,13-20H2,1-8H3/t21-,23+,25-,26?,27?,29+,30?/m1/s1. The summed E-state index contributed by atoms with van der Waals surface area (Å²) in [5.74, 6) is 3.15. The van der Waals surface area contributed by atoms with Crippen molar-refractivity contribution in [1.82, 2.24) is 0 Å². The number of aliphatic hydroxyl groups is 1. The number of hydrogen-bond acceptors (Lipinski definition) is 2.